The molecule has 0 fully saturated rings. The molecular weight excluding hydrogens is 462 g/mol. The topological polar surface area (TPSA) is 49.0 Å². The summed E-state index contributed by atoms with van der Waals surface area (Å²) in [6.45, 7) is 2.03. The molecule has 0 spiro atoms. The largest absolute Gasteiger partial charge is 0.295 e. The molecule has 6 heteroatoms. The fourth-order valence-electron chi connectivity index (χ4n) is 3.94. The molecule has 0 bridgehead atoms. The number of H-pyrrole nitrogens is 1. The number of benzene rings is 3. The van der Waals surface area contributed by atoms with Gasteiger partial charge in [0.25, 0.3) is 5.91 Å². The number of hydrogen-bond acceptors (Lipinski definition) is 2. The van der Waals surface area contributed by atoms with Crippen LogP contribution in [0.5, 0.6) is 0 Å². The minimum Gasteiger partial charge on any atom is -0.295 e. The summed E-state index contributed by atoms with van der Waals surface area (Å²) >= 11 is 10.1. The Hall–Kier alpha value is -2.89. The zero-order chi connectivity index (χ0) is 20.8. The molecule has 2 heterocycles. The highest BCUT2D eigenvalue weighted by Crippen LogP contribution is 2.46. The van der Waals surface area contributed by atoms with Crippen LogP contribution in [0.2, 0.25) is 5.02 Å². The molecular formula is C24H17BrClN3O. The molecule has 148 valence electrons. The van der Waals surface area contributed by atoms with Crippen LogP contribution in [0, 0.1) is 6.92 Å². The van der Waals surface area contributed by atoms with Crippen LogP contribution in [0.4, 0.5) is 5.69 Å². The van der Waals surface area contributed by atoms with Gasteiger partial charge in [0.1, 0.15) is 5.69 Å². The number of carbonyl (C=O) groups is 1. The first kappa shape index (κ1) is 19.1. The van der Waals surface area contributed by atoms with Gasteiger partial charge in [0.15, 0.2) is 0 Å². The van der Waals surface area contributed by atoms with E-state index in [4.69, 9.17) is 11.6 Å². The van der Waals surface area contributed by atoms with Crippen molar-refractivity contribution in [1.29, 1.82) is 0 Å². The second kappa shape index (κ2) is 7.42. The molecule has 0 radical (unpaired) electrons. The fraction of sp³-hybridized carbons (Fsp3) is 0.0833. The number of fused-ring (bicyclic) bond motifs is 1. The van der Waals surface area contributed by atoms with Crippen LogP contribution in [0.1, 0.15) is 33.2 Å². The number of nitrogens with zero attached hydrogens (tertiary/aromatic N) is 2. The first-order valence-corrected chi connectivity index (χ1v) is 10.7. The van der Waals surface area contributed by atoms with Crippen molar-refractivity contribution in [3.8, 4) is 11.3 Å². The highest BCUT2D eigenvalue weighted by atomic mass is 79.9. The Kier molecular flexibility index (Phi) is 4.72. The molecule has 4 aromatic rings. The summed E-state index contributed by atoms with van der Waals surface area (Å²) in [5, 5.41) is 8.10. The summed E-state index contributed by atoms with van der Waals surface area (Å²) in [6.07, 6.45) is 0. The van der Waals surface area contributed by atoms with Gasteiger partial charge in [-0.15, -0.1) is 0 Å². The zero-order valence-electron chi connectivity index (χ0n) is 16.1. The number of aromatic amines is 1. The molecule has 30 heavy (non-hydrogen) atoms. The van der Waals surface area contributed by atoms with Gasteiger partial charge in [0.05, 0.1) is 11.7 Å². The third-order valence-corrected chi connectivity index (χ3v) is 6.27. The number of anilines is 1. The number of aryl methyl sites for hydroxylation is 1. The van der Waals surface area contributed by atoms with Crippen LogP contribution >= 0.6 is 27.5 Å². The van der Waals surface area contributed by atoms with Gasteiger partial charge < -0.3 is 0 Å². The minimum atomic E-state index is -0.374. The number of aromatic nitrogens is 2. The van der Waals surface area contributed by atoms with Crippen molar-refractivity contribution < 1.29 is 4.79 Å². The molecule has 1 aromatic heterocycles. The van der Waals surface area contributed by atoms with E-state index < -0.39 is 0 Å². The summed E-state index contributed by atoms with van der Waals surface area (Å²) < 4.78 is 0.985. The van der Waals surface area contributed by atoms with Gasteiger partial charge in [-0.05, 0) is 42.8 Å². The molecule has 1 N–H and O–H groups in total. The van der Waals surface area contributed by atoms with Gasteiger partial charge >= 0.3 is 0 Å². The smallest absolute Gasteiger partial charge is 0.277 e. The normalized spacial score (nSPS) is 15.5. The van der Waals surface area contributed by atoms with E-state index >= 15 is 0 Å². The number of hydrogen-bond donors (Lipinski definition) is 1. The Labute approximate surface area is 187 Å². The predicted molar refractivity (Wildman–Crippen MR) is 123 cm³/mol. The van der Waals surface area contributed by atoms with E-state index in [9.17, 15) is 4.79 Å². The molecule has 0 saturated carbocycles. The summed E-state index contributed by atoms with van der Waals surface area (Å²) in [6, 6.07) is 23.1. The predicted octanol–water partition coefficient (Wildman–Crippen LogP) is 6.55. The highest BCUT2D eigenvalue weighted by molar-refractivity contribution is 9.10. The van der Waals surface area contributed by atoms with Crippen LogP contribution in [-0.2, 0) is 0 Å². The summed E-state index contributed by atoms with van der Waals surface area (Å²) in [5.74, 6) is -0.116. The van der Waals surface area contributed by atoms with Gasteiger partial charge in [-0.3, -0.25) is 14.8 Å². The first-order valence-electron chi connectivity index (χ1n) is 9.53. The van der Waals surface area contributed by atoms with Crippen molar-refractivity contribution in [2.75, 3.05) is 4.90 Å². The maximum absolute atomic E-state index is 13.5. The Balaban J connectivity index is 1.74. The maximum Gasteiger partial charge on any atom is 0.277 e. The van der Waals surface area contributed by atoms with Crippen LogP contribution < -0.4 is 4.90 Å². The van der Waals surface area contributed by atoms with Crippen molar-refractivity contribution in [2.24, 2.45) is 0 Å². The highest BCUT2D eigenvalue weighted by Gasteiger charge is 2.43. The van der Waals surface area contributed by atoms with Crippen LogP contribution in [0.25, 0.3) is 11.3 Å². The van der Waals surface area contributed by atoms with Crippen molar-refractivity contribution in [2.45, 2.75) is 13.0 Å². The summed E-state index contributed by atoms with van der Waals surface area (Å²) in [7, 11) is 0. The van der Waals surface area contributed by atoms with E-state index in [1.165, 1.54) is 0 Å². The second-order valence-corrected chi connectivity index (χ2v) is 8.63. The number of amides is 1. The van der Waals surface area contributed by atoms with Crippen molar-refractivity contribution >= 4 is 39.1 Å². The monoisotopic (exact) mass is 477 g/mol. The molecule has 4 nitrogen and oxygen atoms in total. The van der Waals surface area contributed by atoms with E-state index in [1.807, 2.05) is 79.7 Å². The lowest BCUT2D eigenvalue weighted by Gasteiger charge is -2.27. The third-order valence-electron chi connectivity index (χ3n) is 5.40. The van der Waals surface area contributed by atoms with Gasteiger partial charge in [0, 0.05) is 26.3 Å². The third kappa shape index (κ3) is 3.06. The Morgan fingerprint density at radius 2 is 1.70 bits per heavy atom. The molecule has 1 amide bonds. The summed E-state index contributed by atoms with van der Waals surface area (Å²) in [5.41, 5.74) is 5.86. The van der Waals surface area contributed by atoms with Crippen molar-refractivity contribution in [3.05, 3.63) is 105 Å². The Bertz CT molecular complexity index is 1250. The first-order chi connectivity index (χ1) is 14.5. The lowest BCUT2D eigenvalue weighted by Crippen LogP contribution is -2.29. The van der Waals surface area contributed by atoms with Gasteiger partial charge in [0.2, 0.25) is 0 Å². The molecule has 5 rings (SSSR count). The van der Waals surface area contributed by atoms with Crippen LogP contribution in [0.15, 0.2) is 77.3 Å². The molecule has 1 aliphatic heterocycles. The van der Waals surface area contributed by atoms with Gasteiger partial charge in [-0.25, -0.2) is 0 Å². The Morgan fingerprint density at radius 1 is 1.00 bits per heavy atom. The van der Waals surface area contributed by atoms with E-state index in [2.05, 4.69) is 26.1 Å². The zero-order valence-corrected chi connectivity index (χ0v) is 18.4. The van der Waals surface area contributed by atoms with E-state index in [0.717, 1.165) is 38.1 Å². The number of halogens is 2. The van der Waals surface area contributed by atoms with Crippen LogP contribution in [-0.4, -0.2) is 16.1 Å². The fourth-order valence-corrected chi connectivity index (χ4v) is 4.44. The number of nitrogens with one attached hydrogen (secondary N) is 1. The van der Waals surface area contributed by atoms with Crippen molar-refractivity contribution in [1.82, 2.24) is 10.2 Å². The SMILES string of the molecule is Cc1ccc(N2C(=O)c3[nH]nc(-c4ccc(Br)cc4)c3[C@@H]2c2ccccc2Cl)cc1. The molecule has 1 aliphatic rings. The molecule has 0 aliphatic carbocycles. The second-order valence-electron chi connectivity index (χ2n) is 7.30. The lowest BCUT2D eigenvalue weighted by atomic mass is 9.96. The van der Waals surface area contributed by atoms with Gasteiger partial charge in [-0.2, -0.15) is 5.10 Å². The number of carbonyl (C=O) groups excluding carboxylic acids is 1. The van der Waals surface area contributed by atoms with E-state index in [-0.39, 0.29) is 11.9 Å². The summed E-state index contributed by atoms with van der Waals surface area (Å²) in [4.78, 5) is 15.3. The Morgan fingerprint density at radius 3 is 2.40 bits per heavy atom. The maximum atomic E-state index is 13.5. The molecule has 0 unspecified atom stereocenters. The van der Waals surface area contributed by atoms with E-state index in [1.54, 1.807) is 4.90 Å². The van der Waals surface area contributed by atoms with Crippen LogP contribution in [0.3, 0.4) is 0 Å². The number of rotatable bonds is 3. The molecule has 0 saturated heterocycles. The standard InChI is InChI=1S/C24H17BrClN3O/c1-14-6-12-17(13-7-14)29-23(18-4-2-3-5-19(18)26)20-21(27-28-22(20)24(29)30)15-8-10-16(25)11-9-15/h2-13,23H,1H3,(H,27,28)/t23-/m0/s1. The van der Waals surface area contributed by atoms with E-state index in [0.29, 0.717) is 10.7 Å². The molecule has 3 aromatic carbocycles. The lowest BCUT2D eigenvalue weighted by molar-refractivity contribution is 0.0989. The molecule has 1 atom stereocenters. The quantitative estimate of drug-likeness (QED) is 0.363. The average Bonchev–Trinajstić information content (AvgIpc) is 3.29. The minimum absolute atomic E-state index is 0.116. The van der Waals surface area contributed by atoms with Crippen molar-refractivity contribution in [3.63, 3.8) is 0 Å². The average molecular weight is 479 g/mol. The van der Waals surface area contributed by atoms with Gasteiger partial charge in [-0.1, -0.05) is 75.6 Å².